The predicted octanol–water partition coefficient (Wildman–Crippen LogP) is 3.81. The Bertz CT molecular complexity index is 875. The number of rotatable bonds is 8. The number of aryl methyl sites for hydroxylation is 2. The second-order valence-corrected chi connectivity index (χ2v) is 6.23. The fourth-order valence-electron chi connectivity index (χ4n) is 2.87. The SMILES string of the molecule is Cc1nn(-c2ccccc2)cc1CCCNCc1cccc([N+](=O)[O-])c1. The number of nitrogens with zero attached hydrogens (tertiary/aromatic N) is 3. The monoisotopic (exact) mass is 350 g/mol. The molecule has 1 N–H and O–H groups in total. The van der Waals surface area contributed by atoms with Gasteiger partial charge in [-0.25, -0.2) is 4.68 Å². The second-order valence-electron chi connectivity index (χ2n) is 6.23. The number of non-ortho nitro benzene ring substituents is 1. The van der Waals surface area contributed by atoms with Gasteiger partial charge in [-0.1, -0.05) is 30.3 Å². The molecule has 0 aliphatic carbocycles. The molecule has 1 heterocycles. The molecule has 1 aromatic heterocycles. The second kappa shape index (κ2) is 8.40. The number of hydrogen-bond donors (Lipinski definition) is 1. The minimum absolute atomic E-state index is 0.133. The third-order valence-corrected chi connectivity index (χ3v) is 4.27. The fourth-order valence-corrected chi connectivity index (χ4v) is 2.87. The van der Waals surface area contributed by atoms with Crippen LogP contribution in [0.25, 0.3) is 5.69 Å². The first-order valence-electron chi connectivity index (χ1n) is 8.68. The van der Waals surface area contributed by atoms with Crippen LogP contribution in [0.15, 0.2) is 60.8 Å². The standard InChI is InChI=1S/C20H22N4O2/c1-16-18(15-23(22-16)19-9-3-2-4-10-19)8-6-12-21-14-17-7-5-11-20(13-17)24(25)26/h2-5,7,9-11,13,15,21H,6,8,12,14H2,1H3. The van der Waals surface area contributed by atoms with E-state index in [2.05, 4.69) is 16.6 Å². The molecule has 134 valence electrons. The predicted molar refractivity (Wildman–Crippen MR) is 101 cm³/mol. The highest BCUT2D eigenvalue weighted by molar-refractivity contribution is 5.34. The first-order valence-corrected chi connectivity index (χ1v) is 8.68. The number of nitrogens with one attached hydrogen (secondary N) is 1. The number of nitro groups is 1. The Hall–Kier alpha value is -2.99. The van der Waals surface area contributed by atoms with Crippen molar-refractivity contribution < 1.29 is 4.92 Å². The first kappa shape index (κ1) is 17.8. The lowest BCUT2D eigenvalue weighted by molar-refractivity contribution is -0.384. The summed E-state index contributed by atoms with van der Waals surface area (Å²) in [5.74, 6) is 0. The molecule has 0 aliphatic rings. The molecule has 6 heteroatoms. The van der Waals surface area contributed by atoms with Crippen molar-refractivity contribution >= 4 is 5.69 Å². The molecule has 0 amide bonds. The smallest absolute Gasteiger partial charge is 0.269 e. The number of benzene rings is 2. The van der Waals surface area contributed by atoms with Crippen molar-refractivity contribution in [2.24, 2.45) is 0 Å². The van der Waals surface area contributed by atoms with Crippen molar-refractivity contribution in [1.82, 2.24) is 15.1 Å². The normalized spacial score (nSPS) is 10.8. The average Bonchev–Trinajstić information content (AvgIpc) is 3.03. The van der Waals surface area contributed by atoms with E-state index in [4.69, 9.17) is 0 Å². The van der Waals surface area contributed by atoms with E-state index >= 15 is 0 Å². The molecule has 0 saturated carbocycles. The molecule has 0 fully saturated rings. The Morgan fingerprint density at radius 2 is 1.96 bits per heavy atom. The fraction of sp³-hybridized carbons (Fsp3) is 0.250. The van der Waals surface area contributed by atoms with Crippen molar-refractivity contribution in [3.05, 3.63) is 87.7 Å². The highest BCUT2D eigenvalue weighted by Gasteiger charge is 2.07. The maximum Gasteiger partial charge on any atom is 0.269 e. The molecule has 0 aliphatic heterocycles. The molecule has 0 radical (unpaired) electrons. The Morgan fingerprint density at radius 3 is 2.73 bits per heavy atom. The topological polar surface area (TPSA) is 73.0 Å². The number of aromatic nitrogens is 2. The maximum atomic E-state index is 10.8. The van der Waals surface area contributed by atoms with Crippen molar-refractivity contribution in [2.75, 3.05) is 6.54 Å². The van der Waals surface area contributed by atoms with E-state index in [0.717, 1.165) is 36.3 Å². The van der Waals surface area contributed by atoms with E-state index in [1.165, 1.54) is 11.6 Å². The summed E-state index contributed by atoms with van der Waals surface area (Å²) in [6.07, 6.45) is 4.02. The Kier molecular flexibility index (Phi) is 5.76. The van der Waals surface area contributed by atoms with E-state index in [0.29, 0.717) is 6.54 Å². The van der Waals surface area contributed by atoms with E-state index in [1.54, 1.807) is 12.1 Å². The van der Waals surface area contributed by atoms with Gasteiger partial charge in [0.1, 0.15) is 0 Å². The summed E-state index contributed by atoms with van der Waals surface area (Å²) in [4.78, 5) is 10.4. The molecular weight excluding hydrogens is 328 g/mol. The van der Waals surface area contributed by atoms with E-state index in [1.807, 2.05) is 48.0 Å². The number of nitro benzene ring substituents is 1. The van der Waals surface area contributed by atoms with Gasteiger partial charge in [-0.05, 0) is 49.6 Å². The molecule has 0 bridgehead atoms. The van der Waals surface area contributed by atoms with Gasteiger partial charge in [0.15, 0.2) is 0 Å². The molecule has 2 aromatic carbocycles. The Balaban J connectivity index is 1.48. The largest absolute Gasteiger partial charge is 0.313 e. The lowest BCUT2D eigenvalue weighted by Gasteiger charge is -2.05. The molecule has 3 rings (SSSR count). The summed E-state index contributed by atoms with van der Waals surface area (Å²) >= 11 is 0. The minimum Gasteiger partial charge on any atom is -0.313 e. The van der Waals surface area contributed by atoms with Crippen LogP contribution in [0.5, 0.6) is 0 Å². The van der Waals surface area contributed by atoms with Crippen LogP contribution in [-0.2, 0) is 13.0 Å². The van der Waals surface area contributed by atoms with Gasteiger partial charge >= 0.3 is 0 Å². The zero-order valence-corrected chi connectivity index (χ0v) is 14.8. The van der Waals surface area contributed by atoms with Crippen LogP contribution in [0.3, 0.4) is 0 Å². The van der Waals surface area contributed by atoms with E-state index in [-0.39, 0.29) is 10.6 Å². The quantitative estimate of drug-likeness (QED) is 0.381. The van der Waals surface area contributed by atoms with Gasteiger partial charge in [0.25, 0.3) is 5.69 Å². The average molecular weight is 350 g/mol. The van der Waals surface area contributed by atoms with Gasteiger partial charge < -0.3 is 5.32 Å². The van der Waals surface area contributed by atoms with Gasteiger partial charge in [0.2, 0.25) is 0 Å². The van der Waals surface area contributed by atoms with Crippen LogP contribution in [0.4, 0.5) is 5.69 Å². The Labute approximate surface area is 152 Å². The van der Waals surface area contributed by atoms with Crippen molar-refractivity contribution in [2.45, 2.75) is 26.3 Å². The summed E-state index contributed by atoms with van der Waals surface area (Å²) in [5, 5.41) is 18.7. The highest BCUT2D eigenvalue weighted by atomic mass is 16.6. The summed E-state index contributed by atoms with van der Waals surface area (Å²) in [7, 11) is 0. The maximum absolute atomic E-state index is 10.8. The van der Waals surface area contributed by atoms with Crippen LogP contribution >= 0.6 is 0 Å². The van der Waals surface area contributed by atoms with Crippen LogP contribution < -0.4 is 5.32 Å². The van der Waals surface area contributed by atoms with Crippen LogP contribution in [0.1, 0.15) is 23.2 Å². The van der Waals surface area contributed by atoms with E-state index in [9.17, 15) is 10.1 Å². The van der Waals surface area contributed by atoms with Gasteiger partial charge in [-0.2, -0.15) is 5.10 Å². The number of para-hydroxylation sites is 1. The summed E-state index contributed by atoms with van der Waals surface area (Å²) < 4.78 is 1.92. The summed E-state index contributed by atoms with van der Waals surface area (Å²) in [5.41, 5.74) is 4.41. The van der Waals surface area contributed by atoms with E-state index < -0.39 is 0 Å². The minimum atomic E-state index is -0.364. The summed E-state index contributed by atoms with van der Waals surface area (Å²) in [6.45, 7) is 3.51. The Morgan fingerprint density at radius 1 is 1.15 bits per heavy atom. The lowest BCUT2D eigenvalue weighted by atomic mass is 10.1. The van der Waals surface area contributed by atoms with Crippen molar-refractivity contribution in [3.8, 4) is 5.69 Å². The third kappa shape index (κ3) is 4.55. The number of hydrogen-bond acceptors (Lipinski definition) is 4. The molecule has 0 unspecified atom stereocenters. The van der Waals surface area contributed by atoms with Crippen molar-refractivity contribution in [1.29, 1.82) is 0 Å². The highest BCUT2D eigenvalue weighted by Crippen LogP contribution is 2.14. The van der Waals surface area contributed by atoms with Crippen LogP contribution in [0.2, 0.25) is 0 Å². The molecular formula is C20H22N4O2. The zero-order chi connectivity index (χ0) is 18.4. The molecule has 6 nitrogen and oxygen atoms in total. The summed E-state index contributed by atoms with van der Waals surface area (Å²) in [6, 6.07) is 16.8. The van der Waals surface area contributed by atoms with Crippen LogP contribution in [-0.4, -0.2) is 21.2 Å². The third-order valence-electron chi connectivity index (χ3n) is 4.27. The molecule has 0 atom stereocenters. The van der Waals surface area contributed by atoms with Crippen molar-refractivity contribution in [3.63, 3.8) is 0 Å². The molecule has 3 aromatic rings. The molecule has 26 heavy (non-hydrogen) atoms. The molecule has 0 saturated heterocycles. The lowest BCUT2D eigenvalue weighted by Crippen LogP contribution is -2.15. The van der Waals surface area contributed by atoms with Gasteiger partial charge in [-0.15, -0.1) is 0 Å². The van der Waals surface area contributed by atoms with Gasteiger partial charge in [0.05, 0.1) is 16.3 Å². The molecule has 0 spiro atoms. The van der Waals surface area contributed by atoms with Gasteiger partial charge in [0, 0.05) is 24.9 Å². The zero-order valence-electron chi connectivity index (χ0n) is 14.8. The van der Waals surface area contributed by atoms with Crippen LogP contribution in [0, 0.1) is 17.0 Å². The first-order chi connectivity index (χ1) is 12.6. The van der Waals surface area contributed by atoms with Gasteiger partial charge in [-0.3, -0.25) is 10.1 Å².